The van der Waals surface area contributed by atoms with Gasteiger partial charge in [0.05, 0.1) is 20.0 Å². The molecule has 0 aliphatic carbocycles. The predicted molar refractivity (Wildman–Crippen MR) is 100 cm³/mol. The zero-order valence-corrected chi connectivity index (χ0v) is 15.5. The van der Waals surface area contributed by atoms with Crippen LogP contribution in [0.15, 0.2) is 30.9 Å². The highest BCUT2D eigenvalue weighted by Crippen LogP contribution is 2.41. The van der Waals surface area contributed by atoms with Crippen molar-refractivity contribution in [3.63, 3.8) is 0 Å². The molecule has 3 aromatic rings. The number of nitrogens with two attached hydrogens (primary N) is 1. The van der Waals surface area contributed by atoms with Crippen LogP contribution < -0.4 is 10.5 Å². The van der Waals surface area contributed by atoms with Gasteiger partial charge in [0.1, 0.15) is 30.2 Å². The van der Waals surface area contributed by atoms with Crippen LogP contribution in [0.25, 0.3) is 11.2 Å². The normalized spacial score (nSPS) is 26.8. The van der Waals surface area contributed by atoms with Gasteiger partial charge in [0.2, 0.25) is 0 Å². The number of hydrogen-bond acceptors (Lipinski definition) is 10. The van der Waals surface area contributed by atoms with E-state index in [1.807, 2.05) is 0 Å². The number of ether oxygens (including phenoxy) is 2. The molecule has 1 aliphatic rings. The molecule has 0 radical (unpaired) electrons. The van der Waals surface area contributed by atoms with Crippen LogP contribution in [0.4, 0.5) is 5.82 Å². The second-order valence-electron chi connectivity index (χ2n) is 6.85. The van der Waals surface area contributed by atoms with Crippen LogP contribution in [0.5, 0.6) is 11.5 Å². The number of nitrogen functional groups attached to an aromatic ring is 1. The van der Waals surface area contributed by atoms with E-state index in [2.05, 4.69) is 15.0 Å². The molecule has 1 saturated heterocycles. The largest absolute Gasteiger partial charge is 0.504 e. The Hall–Kier alpha value is -2.99. The second kappa shape index (κ2) is 7.12. The molecule has 11 nitrogen and oxygen atoms in total. The lowest BCUT2D eigenvalue weighted by molar-refractivity contribution is -0.145. The van der Waals surface area contributed by atoms with Crippen LogP contribution in [0.3, 0.4) is 0 Å². The van der Waals surface area contributed by atoms with Gasteiger partial charge in [0.15, 0.2) is 28.7 Å². The molecule has 0 amide bonds. The number of aromatic hydroxyl groups is 1. The van der Waals surface area contributed by atoms with Crippen LogP contribution in [-0.2, 0) is 16.9 Å². The Morgan fingerprint density at radius 1 is 1.28 bits per heavy atom. The van der Waals surface area contributed by atoms with Gasteiger partial charge < -0.3 is 35.6 Å². The molecule has 1 fully saturated rings. The van der Waals surface area contributed by atoms with Gasteiger partial charge in [-0.15, -0.1) is 0 Å². The van der Waals surface area contributed by atoms with Crippen LogP contribution in [0.1, 0.15) is 5.56 Å². The molecule has 11 heteroatoms. The Kier molecular flexibility index (Phi) is 4.74. The van der Waals surface area contributed by atoms with Crippen LogP contribution in [0, 0.1) is 0 Å². The van der Waals surface area contributed by atoms with E-state index in [9.17, 15) is 20.4 Å². The fourth-order valence-electron chi connectivity index (χ4n) is 3.72. The quantitative estimate of drug-likeness (QED) is 0.361. The third kappa shape index (κ3) is 2.95. The minimum absolute atomic E-state index is 0.0225. The fourth-order valence-corrected chi connectivity index (χ4v) is 3.72. The van der Waals surface area contributed by atoms with E-state index in [1.54, 1.807) is 12.1 Å². The average Bonchev–Trinajstić information content (AvgIpc) is 3.25. The molecule has 1 aromatic carbocycles. The number of benzene rings is 1. The molecular formula is C18H21N5O6. The first kappa shape index (κ1) is 19.3. The number of phenolic OH excluding ortho intramolecular Hbond substituents is 1. The molecule has 6 N–H and O–H groups in total. The number of imidazole rings is 1. The van der Waals surface area contributed by atoms with E-state index < -0.39 is 30.6 Å². The summed E-state index contributed by atoms with van der Waals surface area (Å²) in [5.41, 5.74) is 5.48. The number of anilines is 1. The van der Waals surface area contributed by atoms with E-state index in [1.165, 1.54) is 30.4 Å². The standard InChI is InChI=1S/C18H21N5O6/c1-28-11-3-2-9(4-10(11)25)5-18(15(27)14(26)12(6-24)29-18)23-8-22-13-16(19)20-7-21-17(13)23/h2-4,7-8,12,14-15,24-27H,5-6H2,1H3,(H2,19,20,21)/t12-,14-,15-,18-/m1/s1. The summed E-state index contributed by atoms with van der Waals surface area (Å²) in [6.07, 6.45) is -1.16. The summed E-state index contributed by atoms with van der Waals surface area (Å²) in [5.74, 6) is 0.351. The van der Waals surface area contributed by atoms with E-state index in [4.69, 9.17) is 15.2 Å². The molecule has 0 saturated carbocycles. The highest BCUT2D eigenvalue weighted by Gasteiger charge is 2.56. The highest BCUT2D eigenvalue weighted by molar-refractivity contribution is 5.81. The van der Waals surface area contributed by atoms with Crippen molar-refractivity contribution in [2.45, 2.75) is 30.5 Å². The molecule has 0 unspecified atom stereocenters. The SMILES string of the molecule is COc1ccc(C[C@@]2(n3cnc4c(N)ncnc43)O[C@H](CO)[C@@H](O)[C@H]2O)cc1O. The van der Waals surface area contributed by atoms with Crippen molar-refractivity contribution in [1.29, 1.82) is 0 Å². The van der Waals surface area contributed by atoms with Crippen molar-refractivity contribution in [3.05, 3.63) is 36.4 Å². The van der Waals surface area contributed by atoms with Gasteiger partial charge in [-0.05, 0) is 17.7 Å². The van der Waals surface area contributed by atoms with Crippen molar-refractivity contribution in [2.75, 3.05) is 19.5 Å². The first-order valence-corrected chi connectivity index (χ1v) is 8.86. The van der Waals surface area contributed by atoms with Crippen LogP contribution >= 0.6 is 0 Å². The number of fused-ring (bicyclic) bond motifs is 1. The minimum Gasteiger partial charge on any atom is -0.504 e. The second-order valence-corrected chi connectivity index (χ2v) is 6.85. The van der Waals surface area contributed by atoms with Crippen molar-refractivity contribution < 1.29 is 29.9 Å². The van der Waals surface area contributed by atoms with Crippen molar-refractivity contribution in [1.82, 2.24) is 19.5 Å². The topological polar surface area (TPSA) is 169 Å². The Morgan fingerprint density at radius 3 is 2.72 bits per heavy atom. The molecule has 1 aliphatic heterocycles. The minimum atomic E-state index is -1.57. The molecule has 4 rings (SSSR count). The average molecular weight is 403 g/mol. The van der Waals surface area contributed by atoms with E-state index in [-0.39, 0.29) is 23.7 Å². The van der Waals surface area contributed by atoms with Crippen LogP contribution in [0.2, 0.25) is 0 Å². The van der Waals surface area contributed by atoms with E-state index in [0.717, 1.165) is 0 Å². The Bertz CT molecular complexity index is 1040. The van der Waals surface area contributed by atoms with Gasteiger partial charge in [-0.2, -0.15) is 0 Å². The number of phenols is 1. The number of nitrogens with zero attached hydrogens (tertiary/aromatic N) is 4. The lowest BCUT2D eigenvalue weighted by Gasteiger charge is -2.34. The van der Waals surface area contributed by atoms with Gasteiger partial charge in [-0.1, -0.05) is 6.07 Å². The predicted octanol–water partition coefficient (Wildman–Crippen LogP) is -0.869. The maximum Gasteiger partial charge on any atom is 0.180 e. The number of aliphatic hydroxyl groups excluding tert-OH is 3. The zero-order chi connectivity index (χ0) is 20.8. The summed E-state index contributed by atoms with van der Waals surface area (Å²) in [5, 5.41) is 41.1. The Labute approximate surface area is 165 Å². The maximum absolute atomic E-state index is 10.9. The summed E-state index contributed by atoms with van der Waals surface area (Å²) in [6, 6.07) is 4.74. The first-order valence-electron chi connectivity index (χ1n) is 8.86. The number of rotatable bonds is 5. The van der Waals surface area contributed by atoms with Gasteiger partial charge in [-0.25, -0.2) is 15.0 Å². The summed E-state index contributed by atoms with van der Waals surface area (Å²) in [4.78, 5) is 12.3. The van der Waals surface area contributed by atoms with E-state index >= 15 is 0 Å². The lowest BCUT2D eigenvalue weighted by atomic mass is 9.94. The molecule has 154 valence electrons. The van der Waals surface area contributed by atoms with Crippen molar-refractivity contribution >= 4 is 17.0 Å². The van der Waals surface area contributed by atoms with Gasteiger partial charge in [-0.3, -0.25) is 4.57 Å². The van der Waals surface area contributed by atoms with Crippen LogP contribution in [-0.4, -0.2) is 72.0 Å². The number of aliphatic hydroxyl groups is 3. The maximum atomic E-state index is 10.9. The molecule has 0 bridgehead atoms. The highest BCUT2D eigenvalue weighted by atomic mass is 16.6. The summed E-state index contributed by atoms with van der Waals surface area (Å²) < 4.78 is 12.5. The molecule has 3 heterocycles. The molecule has 4 atom stereocenters. The summed E-state index contributed by atoms with van der Waals surface area (Å²) >= 11 is 0. The van der Waals surface area contributed by atoms with Gasteiger partial charge >= 0.3 is 0 Å². The molecular weight excluding hydrogens is 382 g/mol. The summed E-state index contributed by atoms with van der Waals surface area (Å²) in [7, 11) is 1.43. The third-order valence-electron chi connectivity index (χ3n) is 5.17. The first-order chi connectivity index (χ1) is 13.9. The monoisotopic (exact) mass is 403 g/mol. The number of hydrogen-bond donors (Lipinski definition) is 5. The summed E-state index contributed by atoms with van der Waals surface area (Å²) in [6.45, 7) is -0.502. The Morgan fingerprint density at radius 2 is 2.07 bits per heavy atom. The molecule has 29 heavy (non-hydrogen) atoms. The fraction of sp³-hybridized carbons (Fsp3) is 0.389. The molecule has 0 spiro atoms. The van der Waals surface area contributed by atoms with Gasteiger partial charge in [0, 0.05) is 6.42 Å². The smallest absolute Gasteiger partial charge is 0.180 e. The lowest BCUT2D eigenvalue weighted by Crippen LogP contribution is -2.47. The zero-order valence-electron chi connectivity index (χ0n) is 15.5. The van der Waals surface area contributed by atoms with Crippen molar-refractivity contribution in [2.24, 2.45) is 0 Å². The number of methoxy groups -OCH3 is 1. The third-order valence-corrected chi connectivity index (χ3v) is 5.17. The van der Waals surface area contributed by atoms with Crippen molar-refractivity contribution in [3.8, 4) is 11.5 Å². The van der Waals surface area contributed by atoms with Gasteiger partial charge in [0.25, 0.3) is 0 Å². The number of aromatic nitrogens is 4. The van der Waals surface area contributed by atoms with E-state index in [0.29, 0.717) is 16.7 Å². The molecule has 2 aromatic heterocycles. The Balaban J connectivity index is 1.86.